The highest BCUT2D eigenvalue weighted by Gasteiger charge is 2.12. The van der Waals surface area contributed by atoms with E-state index in [-0.39, 0.29) is 5.75 Å². The van der Waals surface area contributed by atoms with Crippen molar-refractivity contribution >= 4 is 17.5 Å². The molecule has 0 unspecified atom stereocenters. The average molecular weight is 264 g/mol. The minimum absolute atomic E-state index is 0.110. The summed E-state index contributed by atoms with van der Waals surface area (Å²) < 4.78 is 0. The van der Waals surface area contributed by atoms with E-state index in [1.807, 2.05) is 0 Å². The van der Waals surface area contributed by atoms with Crippen molar-refractivity contribution in [2.45, 2.75) is 32.6 Å². The lowest BCUT2D eigenvalue weighted by Crippen LogP contribution is -2.35. The smallest absolute Gasteiger partial charge is 0.313 e. The molecule has 0 atom stereocenters. The van der Waals surface area contributed by atoms with Crippen molar-refractivity contribution in [3.63, 3.8) is 0 Å². The summed E-state index contributed by atoms with van der Waals surface area (Å²) >= 11 is 0. The molecule has 1 rings (SSSR count). The molecule has 0 aromatic heterocycles. The number of nitrogens with one attached hydrogen (secondary N) is 2. The van der Waals surface area contributed by atoms with Crippen LogP contribution in [0.3, 0.4) is 0 Å². The zero-order valence-electron chi connectivity index (χ0n) is 11.1. The molecule has 0 radical (unpaired) electrons. The maximum atomic E-state index is 11.5. The lowest BCUT2D eigenvalue weighted by atomic mass is 10.2. The van der Waals surface area contributed by atoms with E-state index >= 15 is 0 Å². The minimum atomic E-state index is -0.693. The number of aromatic hydroxyl groups is 1. The number of carbonyl (C=O) groups excluding carboxylic acids is 2. The van der Waals surface area contributed by atoms with Gasteiger partial charge in [0, 0.05) is 12.2 Å². The Morgan fingerprint density at radius 2 is 1.74 bits per heavy atom. The Kier molecular flexibility index (Phi) is 6.43. The van der Waals surface area contributed by atoms with Crippen LogP contribution in [0.5, 0.6) is 5.75 Å². The van der Waals surface area contributed by atoms with Crippen LogP contribution in [0.15, 0.2) is 24.3 Å². The molecule has 0 saturated carbocycles. The van der Waals surface area contributed by atoms with Gasteiger partial charge in [-0.2, -0.15) is 0 Å². The maximum absolute atomic E-state index is 11.5. The molecule has 0 spiro atoms. The fourth-order valence-electron chi connectivity index (χ4n) is 1.57. The molecular weight excluding hydrogens is 244 g/mol. The first kappa shape index (κ1) is 15.0. The topological polar surface area (TPSA) is 78.4 Å². The first-order chi connectivity index (χ1) is 9.13. The Hall–Kier alpha value is -2.04. The van der Waals surface area contributed by atoms with Crippen LogP contribution in [0, 0.1) is 0 Å². The summed E-state index contributed by atoms with van der Waals surface area (Å²) in [5.74, 6) is -1.22. The molecule has 0 fully saturated rings. The van der Waals surface area contributed by atoms with Crippen molar-refractivity contribution in [3.05, 3.63) is 24.3 Å². The summed E-state index contributed by atoms with van der Waals surface area (Å²) in [5, 5.41) is 14.1. The molecule has 5 heteroatoms. The summed E-state index contributed by atoms with van der Waals surface area (Å²) in [6, 6.07) is 5.94. The first-order valence-corrected chi connectivity index (χ1v) is 6.51. The van der Waals surface area contributed by atoms with Gasteiger partial charge in [-0.05, 0) is 30.7 Å². The number of phenolic OH excluding ortho intramolecular Hbond substituents is 1. The van der Waals surface area contributed by atoms with Crippen LogP contribution in [0.1, 0.15) is 32.6 Å². The van der Waals surface area contributed by atoms with E-state index in [1.54, 1.807) is 0 Å². The van der Waals surface area contributed by atoms with E-state index in [2.05, 4.69) is 17.6 Å². The monoisotopic (exact) mass is 264 g/mol. The van der Waals surface area contributed by atoms with Crippen LogP contribution in [-0.4, -0.2) is 23.5 Å². The summed E-state index contributed by atoms with van der Waals surface area (Å²) in [4.78, 5) is 23.0. The van der Waals surface area contributed by atoms with Gasteiger partial charge in [-0.25, -0.2) is 0 Å². The fourth-order valence-corrected chi connectivity index (χ4v) is 1.57. The molecule has 1 aromatic rings. The van der Waals surface area contributed by atoms with Crippen LogP contribution >= 0.6 is 0 Å². The molecule has 5 nitrogen and oxygen atoms in total. The Labute approximate surface area is 113 Å². The Balaban J connectivity index is 2.28. The molecule has 0 aliphatic carbocycles. The zero-order valence-corrected chi connectivity index (χ0v) is 11.1. The molecule has 3 N–H and O–H groups in total. The quantitative estimate of drug-likeness (QED) is 0.418. The number of rotatable bonds is 6. The Morgan fingerprint density at radius 3 is 2.37 bits per heavy atom. The predicted octanol–water partition coefficient (Wildman–Crippen LogP) is 2.03. The average Bonchev–Trinajstić information content (AvgIpc) is 2.41. The van der Waals surface area contributed by atoms with E-state index in [0.717, 1.165) is 25.7 Å². The second-order valence-corrected chi connectivity index (χ2v) is 4.32. The molecule has 0 bridgehead atoms. The van der Waals surface area contributed by atoms with Gasteiger partial charge in [0.1, 0.15) is 5.75 Å². The maximum Gasteiger partial charge on any atom is 0.313 e. The van der Waals surface area contributed by atoms with Crippen molar-refractivity contribution in [3.8, 4) is 5.75 Å². The molecule has 2 amide bonds. The van der Waals surface area contributed by atoms with Gasteiger partial charge in [0.15, 0.2) is 0 Å². The third-order valence-electron chi connectivity index (χ3n) is 2.65. The van der Waals surface area contributed by atoms with Crippen LogP contribution in [0.25, 0.3) is 0 Å². The standard InChI is InChI=1S/C14H20N2O3/c1-2-3-4-5-10-15-13(18)14(19)16-11-6-8-12(17)9-7-11/h6-9,17H,2-5,10H2,1H3,(H,15,18)(H,16,19). The lowest BCUT2D eigenvalue weighted by Gasteiger charge is -2.06. The number of phenols is 1. The van der Waals surface area contributed by atoms with Crippen molar-refractivity contribution in [2.75, 3.05) is 11.9 Å². The number of carbonyl (C=O) groups is 2. The Morgan fingerprint density at radius 1 is 1.05 bits per heavy atom. The molecule has 0 aliphatic rings. The third kappa shape index (κ3) is 5.90. The van der Waals surface area contributed by atoms with Crippen molar-refractivity contribution in [2.24, 2.45) is 0 Å². The number of anilines is 1. The largest absolute Gasteiger partial charge is 0.508 e. The number of hydrogen-bond donors (Lipinski definition) is 3. The van der Waals surface area contributed by atoms with Crippen LogP contribution in [0.2, 0.25) is 0 Å². The molecule has 0 heterocycles. The molecular formula is C14H20N2O3. The van der Waals surface area contributed by atoms with E-state index in [1.165, 1.54) is 24.3 Å². The van der Waals surface area contributed by atoms with Crippen LogP contribution in [0.4, 0.5) is 5.69 Å². The highest BCUT2D eigenvalue weighted by molar-refractivity contribution is 6.39. The molecule has 0 aliphatic heterocycles. The second-order valence-electron chi connectivity index (χ2n) is 4.32. The van der Waals surface area contributed by atoms with Gasteiger partial charge in [0.25, 0.3) is 0 Å². The van der Waals surface area contributed by atoms with Crippen molar-refractivity contribution in [1.82, 2.24) is 5.32 Å². The second kappa shape index (κ2) is 8.13. The van der Waals surface area contributed by atoms with Gasteiger partial charge >= 0.3 is 11.8 Å². The summed E-state index contributed by atoms with van der Waals surface area (Å²) in [7, 11) is 0. The number of unbranched alkanes of at least 4 members (excludes halogenated alkanes) is 3. The predicted molar refractivity (Wildman–Crippen MR) is 73.9 cm³/mol. The van der Waals surface area contributed by atoms with E-state index in [9.17, 15) is 9.59 Å². The molecule has 104 valence electrons. The van der Waals surface area contributed by atoms with E-state index < -0.39 is 11.8 Å². The van der Waals surface area contributed by atoms with Gasteiger partial charge in [0.05, 0.1) is 0 Å². The van der Waals surface area contributed by atoms with Crippen molar-refractivity contribution < 1.29 is 14.7 Å². The highest BCUT2D eigenvalue weighted by Crippen LogP contribution is 2.13. The normalized spacial score (nSPS) is 9.95. The van der Waals surface area contributed by atoms with Gasteiger partial charge in [-0.15, -0.1) is 0 Å². The molecule has 0 saturated heterocycles. The summed E-state index contributed by atoms with van der Waals surface area (Å²) in [6.45, 7) is 2.63. The van der Waals surface area contributed by atoms with E-state index in [0.29, 0.717) is 12.2 Å². The van der Waals surface area contributed by atoms with Crippen molar-refractivity contribution in [1.29, 1.82) is 0 Å². The number of benzene rings is 1. The van der Waals surface area contributed by atoms with E-state index in [4.69, 9.17) is 5.11 Å². The number of amides is 2. The van der Waals surface area contributed by atoms with Gasteiger partial charge in [-0.3, -0.25) is 9.59 Å². The van der Waals surface area contributed by atoms with Gasteiger partial charge < -0.3 is 15.7 Å². The highest BCUT2D eigenvalue weighted by atomic mass is 16.3. The zero-order chi connectivity index (χ0) is 14.1. The summed E-state index contributed by atoms with van der Waals surface area (Å²) in [6.07, 6.45) is 4.20. The number of hydrogen-bond acceptors (Lipinski definition) is 3. The molecule has 1 aromatic carbocycles. The first-order valence-electron chi connectivity index (χ1n) is 6.51. The lowest BCUT2D eigenvalue weighted by molar-refractivity contribution is -0.136. The van der Waals surface area contributed by atoms with Gasteiger partial charge in [0.2, 0.25) is 0 Å². The summed E-state index contributed by atoms with van der Waals surface area (Å²) in [5.41, 5.74) is 0.476. The third-order valence-corrected chi connectivity index (χ3v) is 2.65. The van der Waals surface area contributed by atoms with Crippen LogP contribution < -0.4 is 10.6 Å². The fraction of sp³-hybridized carbons (Fsp3) is 0.429. The van der Waals surface area contributed by atoms with Crippen LogP contribution in [-0.2, 0) is 9.59 Å². The minimum Gasteiger partial charge on any atom is -0.508 e. The Bertz CT molecular complexity index is 415. The SMILES string of the molecule is CCCCCCNC(=O)C(=O)Nc1ccc(O)cc1. The van der Waals surface area contributed by atoms with Gasteiger partial charge in [-0.1, -0.05) is 26.2 Å². The molecule has 19 heavy (non-hydrogen) atoms.